The van der Waals surface area contributed by atoms with Gasteiger partial charge in [0.1, 0.15) is 23.8 Å². The van der Waals surface area contributed by atoms with Crippen LogP contribution >= 0.6 is 0 Å². The van der Waals surface area contributed by atoms with E-state index in [1.165, 1.54) is 61.4 Å². The minimum Gasteiger partial charge on any atom is -1.00 e. The van der Waals surface area contributed by atoms with Crippen molar-refractivity contribution in [2.24, 2.45) is 0 Å². The van der Waals surface area contributed by atoms with E-state index in [-0.39, 0.29) is 83.8 Å². The minimum absolute atomic E-state index is 0. The molecule has 4 nitrogen and oxygen atoms in total. The van der Waals surface area contributed by atoms with E-state index in [1.54, 1.807) is 0 Å². The smallest absolute Gasteiger partial charge is 0.327 e. The number of hydrogen-bond donors (Lipinski definition) is 0. The number of rotatable bonds is 6. The van der Waals surface area contributed by atoms with E-state index in [1.807, 2.05) is 48.8 Å². The van der Waals surface area contributed by atoms with Gasteiger partial charge in [0.25, 0.3) is 0 Å². The zero-order chi connectivity index (χ0) is 29.1. The molecule has 0 saturated carbocycles. The van der Waals surface area contributed by atoms with Gasteiger partial charge in [0.2, 0.25) is 0 Å². The molecule has 0 spiro atoms. The molecule has 0 aliphatic carbocycles. The molecule has 0 bridgehead atoms. The van der Waals surface area contributed by atoms with Gasteiger partial charge in [0, 0.05) is 46.3 Å². The first-order valence-electron chi connectivity index (χ1n) is 14.2. The summed E-state index contributed by atoms with van der Waals surface area (Å²) in [7, 11) is 0. The number of aryl methyl sites for hydroxylation is 5. The van der Waals surface area contributed by atoms with Gasteiger partial charge in [-0.25, -0.2) is 9.15 Å². The van der Waals surface area contributed by atoms with Crippen molar-refractivity contribution in [2.45, 2.75) is 48.5 Å². The normalized spacial score (nSPS) is 10.5. The van der Waals surface area contributed by atoms with Crippen LogP contribution < -0.4 is 58.8 Å². The summed E-state index contributed by atoms with van der Waals surface area (Å²) in [6, 6.07) is 28.0. The standard InChI is InChI=1S/C37H38N4.4ClH.2Cu/c1-8-40(34-14-10-12-18-38-34)36-26(4)20-31(21-27(36)5)30-17-16-25(3)33(24-30)32-22-28(6)37(29(7)23-32)41(9-2)35-15-11-13-19-39-35;;;;;;/h8-24H,1-7H3;4*1H;;/q+2;;;;;;/p-4. The molecular weight excluding hydrogens is 769 g/mol. The summed E-state index contributed by atoms with van der Waals surface area (Å²) in [6.45, 7) is 15.0. The quantitative estimate of drug-likeness (QED) is 0.106. The predicted molar refractivity (Wildman–Crippen MR) is 176 cm³/mol. The fraction of sp³-hybridized carbons (Fsp3) is 0.189. The van der Waals surface area contributed by atoms with Crippen molar-refractivity contribution in [3.05, 3.63) is 119 Å². The monoisotopic (exact) mass is 804 g/mol. The first kappa shape index (κ1) is 46.6. The van der Waals surface area contributed by atoms with Gasteiger partial charge in [-0.1, -0.05) is 24.3 Å². The van der Waals surface area contributed by atoms with E-state index in [9.17, 15) is 0 Å². The molecule has 10 heteroatoms. The van der Waals surface area contributed by atoms with E-state index in [0.29, 0.717) is 0 Å². The van der Waals surface area contributed by atoms with Crippen LogP contribution in [0.3, 0.4) is 0 Å². The van der Waals surface area contributed by atoms with Crippen LogP contribution in [0, 0.1) is 34.6 Å². The first-order chi connectivity index (χ1) is 19.8. The molecule has 0 fully saturated rings. The van der Waals surface area contributed by atoms with Crippen molar-refractivity contribution in [3.8, 4) is 22.3 Å². The summed E-state index contributed by atoms with van der Waals surface area (Å²) >= 11 is 0. The average molecular weight is 808 g/mol. The van der Waals surface area contributed by atoms with Gasteiger partial charge in [0.15, 0.2) is 0 Å². The summed E-state index contributed by atoms with van der Waals surface area (Å²) in [5, 5.41) is 0. The molecule has 5 aromatic rings. The Kier molecular flexibility index (Phi) is 20.6. The van der Waals surface area contributed by atoms with Gasteiger partial charge < -0.3 is 49.6 Å². The maximum absolute atomic E-state index is 4.59. The number of hydrogen-bond acceptors (Lipinski definition) is 2. The number of pyridine rings is 2. The molecule has 0 aliphatic rings. The number of aromatic nitrogens is 2. The molecule has 3 aromatic carbocycles. The molecule has 2 radical (unpaired) electrons. The molecule has 0 amide bonds. The molecule has 0 unspecified atom stereocenters. The van der Waals surface area contributed by atoms with Gasteiger partial charge in [-0.3, -0.25) is 0 Å². The van der Waals surface area contributed by atoms with Crippen LogP contribution in [-0.2, 0) is 34.1 Å². The zero-order valence-corrected chi connectivity index (χ0v) is 32.1. The third-order valence-electron chi connectivity index (χ3n) is 7.65. The molecular formula is C37H38Cl4Cu2N4-2. The molecule has 0 aliphatic heterocycles. The topological polar surface area (TPSA) is 31.8 Å². The fourth-order valence-electron chi connectivity index (χ4n) is 5.85. The van der Waals surface area contributed by atoms with E-state index in [0.717, 1.165) is 11.6 Å². The number of benzene rings is 3. The van der Waals surface area contributed by atoms with Crippen LogP contribution in [0.2, 0.25) is 0 Å². The van der Waals surface area contributed by atoms with Crippen LogP contribution in [-0.4, -0.2) is 22.4 Å². The van der Waals surface area contributed by atoms with Gasteiger partial charge in [-0.05, 0) is 151 Å². The Morgan fingerprint density at radius 2 is 0.872 bits per heavy atom. The van der Waals surface area contributed by atoms with Crippen LogP contribution in [0.4, 0.5) is 23.0 Å². The molecule has 2 aromatic heterocycles. The summed E-state index contributed by atoms with van der Waals surface area (Å²) in [5.41, 5.74) is 13.4. The van der Waals surface area contributed by atoms with Crippen LogP contribution in [0.5, 0.6) is 0 Å². The Labute approximate surface area is 325 Å². The molecule has 0 atom stereocenters. The summed E-state index contributed by atoms with van der Waals surface area (Å²) < 4.78 is 4.34. The summed E-state index contributed by atoms with van der Waals surface area (Å²) in [6.07, 6.45) is 7.85. The maximum atomic E-state index is 4.59. The van der Waals surface area contributed by atoms with Crippen LogP contribution in [0.25, 0.3) is 22.3 Å². The van der Waals surface area contributed by atoms with Crippen molar-refractivity contribution in [3.63, 3.8) is 0 Å². The van der Waals surface area contributed by atoms with Crippen molar-refractivity contribution >= 4 is 35.4 Å². The third-order valence-corrected chi connectivity index (χ3v) is 7.65. The van der Waals surface area contributed by atoms with E-state index in [4.69, 9.17) is 0 Å². The Morgan fingerprint density at radius 1 is 0.468 bits per heavy atom. The summed E-state index contributed by atoms with van der Waals surface area (Å²) in [5.74, 6) is 1.84. The number of halogens is 4. The van der Waals surface area contributed by atoms with E-state index < -0.39 is 0 Å². The second kappa shape index (κ2) is 20.8. The SMILES string of the molecule is CC=[N+](c1ccccn1)c1c(C)cc(-c2ccc(C)c(-c3cc(C)c([N+](=CC)c4ccccn4)c(C)c3)c2)cc1C.[Cl-].[Cl-].[Cl-].[Cl-].[Cu].[Cu]. The predicted octanol–water partition coefficient (Wildman–Crippen LogP) is -2.79. The Hall–Kier alpha value is -2.50. The Morgan fingerprint density at radius 3 is 1.23 bits per heavy atom. The Bertz CT molecular complexity index is 1770. The van der Waals surface area contributed by atoms with Gasteiger partial charge in [-0.15, -0.1) is 0 Å². The van der Waals surface area contributed by atoms with Crippen molar-refractivity contribution in [1.82, 2.24) is 19.1 Å². The molecule has 5 rings (SSSR count). The van der Waals surface area contributed by atoms with Gasteiger partial charge >= 0.3 is 11.6 Å². The minimum atomic E-state index is 0. The number of nitrogens with zero attached hydrogens (tertiary/aromatic N) is 4. The molecule has 0 saturated heterocycles. The van der Waals surface area contributed by atoms with Gasteiger partial charge in [-0.2, -0.15) is 0 Å². The van der Waals surface area contributed by atoms with E-state index >= 15 is 0 Å². The van der Waals surface area contributed by atoms with Crippen molar-refractivity contribution in [2.75, 3.05) is 0 Å². The molecule has 2 heterocycles. The first-order valence-corrected chi connectivity index (χ1v) is 14.2. The van der Waals surface area contributed by atoms with Crippen LogP contribution in [0.1, 0.15) is 41.7 Å². The second-order valence-corrected chi connectivity index (χ2v) is 10.6. The van der Waals surface area contributed by atoms with Crippen molar-refractivity contribution < 1.29 is 83.8 Å². The molecule has 258 valence electrons. The zero-order valence-electron chi connectivity index (χ0n) is 27.2. The van der Waals surface area contributed by atoms with Crippen molar-refractivity contribution in [1.29, 1.82) is 0 Å². The molecule has 47 heavy (non-hydrogen) atoms. The molecule has 0 N–H and O–H groups in total. The van der Waals surface area contributed by atoms with E-state index in [2.05, 4.69) is 122 Å². The summed E-state index contributed by atoms with van der Waals surface area (Å²) in [4.78, 5) is 9.17. The third kappa shape index (κ3) is 10.0. The average Bonchev–Trinajstić information content (AvgIpc) is 2.97. The maximum Gasteiger partial charge on any atom is 0.327 e. The van der Waals surface area contributed by atoms with Crippen LogP contribution in [0.15, 0.2) is 91.3 Å². The second-order valence-electron chi connectivity index (χ2n) is 10.6. The van der Waals surface area contributed by atoms with Gasteiger partial charge in [0.05, 0.1) is 12.4 Å². The Balaban J connectivity index is 0. The fourth-order valence-corrected chi connectivity index (χ4v) is 5.85. The largest absolute Gasteiger partial charge is 1.00 e.